The number of aromatic nitrogens is 1. The summed E-state index contributed by atoms with van der Waals surface area (Å²) in [5.41, 5.74) is 0.424. The molecule has 3 atom stereocenters. The number of piperidine rings is 1. The van der Waals surface area contributed by atoms with E-state index < -0.39 is 0 Å². The maximum atomic E-state index is 12.7. The van der Waals surface area contributed by atoms with Crippen molar-refractivity contribution < 1.29 is 14.3 Å². The number of carbonyl (C=O) groups is 2. The maximum absolute atomic E-state index is 12.7. The molecule has 2 amide bonds. The van der Waals surface area contributed by atoms with Gasteiger partial charge in [-0.25, -0.2) is 0 Å². The highest BCUT2D eigenvalue weighted by Crippen LogP contribution is 2.28. The summed E-state index contributed by atoms with van der Waals surface area (Å²) in [6.45, 7) is 5.67. The number of ether oxygens (including phenoxy) is 1. The van der Waals surface area contributed by atoms with Gasteiger partial charge in [0.15, 0.2) is 0 Å². The molecular weight excluding hydrogens is 376 g/mol. The summed E-state index contributed by atoms with van der Waals surface area (Å²) < 4.78 is 6.24. The van der Waals surface area contributed by atoms with Crippen LogP contribution >= 0.6 is 11.3 Å². The van der Waals surface area contributed by atoms with Crippen LogP contribution in [0.15, 0.2) is 18.3 Å². The lowest BCUT2D eigenvalue weighted by atomic mass is 9.97. The van der Waals surface area contributed by atoms with Gasteiger partial charge in [0.25, 0.3) is 11.8 Å². The average molecular weight is 401 g/mol. The Balaban J connectivity index is 1.30. The minimum absolute atomic E-state index is 0.0298. The molecule has 2 bridgehead atoms. The SMILES string of the molecule is O=C(NC1CC2CCN(C2)C1)c1cc2sc(C(=O)N3CCOCC3)cc2cn1. The lowest BCUT2D eigenvalue weighted by molar-refractivity contribution is 0.0306. The van der Waals surface area contributed by atoms with E-state index in [1.165, 1.54) is 24.3 Å². The minimum Gasteiger partial charge on any atom is -0.378 e. The van der Waals surface area contributed by atoms with Crippen molar-refractivity contribution in [3.63, 3.8) is 0 Å². The zero-order valence-corrected chi connectivity index (χ0v) is 16.5. The van der Waals surface area contributed by atoms with Gasteiger partial charge in [0.1, 0.15) is 5.69 Å². The van der Waals surface area contributed by atoms with Gasteiger partial charge in [-0.3, -0.25) is 14.6 Å². The normalized spacial score (nSPS) is 27.1. The molecule has 8 heteroatoms. The third kappa shape index (κ3) is 3.52. The first kappa shape index (κ1) is 18.0. The predicted molar refractivity (Wildman–Crippen MR) is 107 cm³/mol. The van der Waals surface area contributed by atoms with Crippen molar-refractivity contribution in [2.24, 2.45) is 5.92 Å². The summed E-state index contributed by atoms with van der Waals surface area (Å²) in [6.07, 6.45) is 4.00. The highest BCUT2D eigenvalue weighted by molar-refractivity contribution is 7.20. The second-order valence-corrected chi connectivity index (χ2v) is 9.03. The molecule has 148 valence electrons. The largest absolute Gasteiger partial charge is 0.378 e. The fourth-order valence-electron chi connectivity index (χ4n) is 4.51. The third-order valence-corrected chi connectivity index (χ3v) is 7.03. The van der Waals surface area contributed by atoms with E-state index in [-0.39, 0.29) is 17.9 Å². The van der Waals surface area contributed by atoms with Crippen molar-refractivity contribution in [3.8, 4) is 0 Å². The van der Waals surface area contributed by atoms with Crippen molar-refractivity contribution >= 4 is 33.2 Å². The lowest BCUT2D eigenvalue weighted by Gasteiger charge is -2.30. The Bertz CT molecular complexity index is 896. The molecule has 3 unspecified atom stereocenters. The molecule has 2 aromatic heterocycles. The summed E-state index contributed by atoms with van der Waals surface area (Å²) in [5, 5.41) is 4.06. The van der Waals surface area contributed by atoms with E-state index in [0.717, 1.165) is 29.6 Å². The monoisotopic (exact) mass is 400 g/mol. The van der Waals surface area contributed by atoms with E-state index in [2.05, 4.69) is 15.2 Å². The summed E-state index contributed by atoms with van der Waals surface area (Å²) in [4.78, 5) is 34.7. The van der Waals surface area contributed by atoms with Crippen molar-refractivity contribution in [1.82, 2.24) is 20.1 Å². The molecule has 3 aliphatic heterocycles. The Labute approximate surface area is 167 Å². The first-order valence-corrected chi connectivity index (χ1v) is 10.8. The maximum Gasteiger partial charge on any atom is 0.270 e. The molecule has 5 heterocycles. The predicted octanol–water partition coefficient (Wildman–Crippen LogP) is 1.59. The summed E-state index contributed by atoms with van der Waals surface area (Å²) in [7, 11) is 0. The molecule has 0 saturated carbocycles. The molecule has 3 saturated heterocycles. The highest BCUT2D eigenvalue weighted by Gasteiger charge is 2.33. The zero-order valence-electron chi connectivity index (χ0n) is 15.7. The molecule has 1 N–H and O–H groups in total. The van der Waals surface area contributed by atoms with E-state index in [0.29, 0.717) is 42.8 Å². The highest BCUT2D eigenvalue weighted by atomic mass is 32.1. The standard InChI is InChI=1S/C20H24N4O3S/c25-19(22-15-7-13-1-2-23(11-13)12-15)16-9-17-14(10-21-16)8-18(28-17)20(26)24-3-5-27-6-4-24/h8-10,13,15H,1-7,11-12H2,(H,22,25). The van der Waals surface area contributed by atoms with E-state index in [1.54, 1.807) is 6.20 Å². The molecule has 3 aliphatic rings. The molecule has 28 heavy (non-hydrogen) atoms. The van der Waals surface area contributed by atoms with Crippen LogP contribution in [-0.2, 0) is 4.74 Å². The van der Waals surface area contributed by atoms with E-state index in [9.17, 15) is 9.59 Å². The molecule has 7 nitrogen and oxygen atoms in total. The van der Waals surface area contributed by atoms with Gasteiger partial charge in [-0.15, -0.1) is 11.3 Å². The average Bonchev–Trinajstić information content (AvgIpc) is 3.30. The summed E-state index contributed by atoms with van der Waals surface area (Å²) >= 11 is 1.43. The number of carbonyl (C=O) groups excluding carboxylic acids is 2. The molecule has 5 rings (SSSR count). The summed E-state index contributed by atoms with van der Waals surface area (Å²) in [5.74, 6) is 0.617. The number of fused-ring (bicyclic) bond motifs is 3. The summed E-state index contributed by atoms with van der Waals surface area (Å²) in [6, 6.07) is 3.88. The second-order valence-electron chi connectivity index (χ2n) is 7.94. The first-order chi connectivity index (χ1) is 13.7. The van der Waals surface area contributed by atoms with Crippen LogP contribution in [0.4, 0.5) is 0 Å². The van der Waals surface area contributed by atoms with Gasteiger partial charge in [0.05, 0.1) is 18.1 Å². The van der Waals surface area contributed by atoms with Crippen LogP contribution in [-0.4, -0.2) is 78.6 Å². The smallest absolute Gasteiger partial charge is 0.270 e. The van der Waals surface area contributed by atoms with Crippen molar-refractivity contribution in [1.29, 1.82) is 0 Å². The van der Waals surface area contributed by atoms with Gasteiger partial charge in [-0.05, 0) is 37.4 Å². The van der Waals surface area contributed by atoms with Crippen LogP contribution in [0.2, 0.25) is 0 Å². The number of pyridine rings is 1. The number of hydrogen-bond donors (Lipinski definition) is 1. The molecular formula is C20H24N4O3S. The number of thiophene rings is 1. The van der Waals surface area contributed by atoms with Crippen LogP contribution in [0, 0.1) is 5.92 Å². The fraction of sp³-hybridized carbons (Fsp3) is 0.550. The van der Waals surface area contributed by atoms with Crippen molar-refractivity contribution in [2.75, 3.05) is 45.9 Å². The van der Waals surface area contributed by atoms with Crippen LogP contribution in [0.3, 0.4) is 0 Å². The molecule has 0 spiro atoms. The topological polar surface area (TPSA) is 74.8 Å². The van der Waals surface area contributed by atoms with Crippen LogP contribution in [0.5, 0.6) is 0 Å². The van der Waals surface area contributed by atoms with Gasteiger partial charge < -0.3 is 19.9 Å². The molecule has 0 radical (unpaired) electrons. The van der Waals surface area contributed by atoms with Gasteiger partial charge in [-0.1, -0.05) is 0 Å². The first-order valence-electron chi connectivity index (χ1n) is 9.95. The second kappa shape index (κ2) is 7.42. The van der Waals surface area contributed by atoms with Gasteiger partial charge >= 0.3 is 0 Å². The lowest BCUT2D eigenvalue weighted by Crippen LogP contribution is -2.47. The molecule has 0 aliphatic carbocycles. The van der Waals surface area contributed by atoms with Gasteiger partial charge in [-0.2, -0.15) is 0 Å². The fourth-order valence-corrected chi connectivity index (χ4v) is 5.55. The van der Waals surface area contributed by atoms with Crippen LogP contribution in [0.25, 0.3) is 10.1 Å². The Morgan fingerprint density at radius 1 is 1.18 bits per heavy atom. The van der Waals surface area contributed by atoms with E-state index >= 15 is 0 Å². The Kier molecular flexibility index (Phi) is 4.78. The van der Waals surface area contributed by atoms with Crippen LogP contribution < -0.4 is 5.32 Å². The number of amides is 2. The number of nitrogens with one attached hydrogen (secondary N) is 1. The Hall–Kier alpha value is -2.03. The van der Waals surface area contributed by atoms with E-state index in [4.69, 9.17) is 4.74 Å². The molecule has 2 aromatic rings. The minimum atomic E-state index is -0.121. The Morgan fingerprint density at radius 2 is 2.04 bits per heavy atom. The van der Waals surface area contributed by atoms with Gasteiger partial charge in [0.2, 0.25) is 0 Å². The van der Waals surface area contributed by atoms with Crippen LogP contribution in [0.1, 0.15) is 33.0 Å². The van der Waals surface area contributed by atoms with Crippen molar-refractivity contribution in [3.05, 3.63) is 28.9 Å². The number of morpholine rings is 1. The molecule has 0 aromatic carbocycles. The number of rotatable bonds is 3. The third-order valence-electron chi connectivity index (χ3n) is 5.94. The quantitative estimate of drug-likeness (QED) is 0.847. The molecule has 3 fully saturated rings. The Morgan fingerprint density at radius 3 is 2.86 bits per heavy atom. The zero-order chi connectivity index (χ0) is 19.1. The number of hydrogen-bond acceptors (Lipinski definition) is 6. The van der Waals surface area contributed by atoms with Gasteiger partial charge in [0, 0.05) is 48.5 Å². The number of nitrogens with zero attached hydrogens (tertiary/aromatic N) is 3. The van der Waals surface area contributed by atoms with Crippen molar-refractivity contribution in [2.45, 2.75) is 18.9 Å². The van der Waals surface area contributed by atoms with E-state index in [1.807, 2.05) is 17.0 Å².